The summed E-state index contributed by atoms with van der Waals surface area (Å²) in [6.07, 6.45) is 2.39. The Hall–Kier alpha value is -8.83. The number of non-ortho nitro benzene ring substituents is 1. The van der Waals surface area contributed by atoms with Crippen LogP contribution >= 0.6 is 23.2 Å². The summed E-state index contributed by atoms with van der Waals surface area (Å²) < 4.78 is 30.4. The Morgan fingerprint density at radius 3 is 1.60 bits per heavy atom. The van der Waals surface area contributed by atoms with Crippen LogP contribution in [0.3, 0.4) is 0 Å². The third-order valence-electron chi connectivity index (χ3n) is 15.5. The van der Waals surface area contributed by atoms with E-state index in [1.165, 1.54) is 17.0 Å². The summed E-state index contributed by atoms with van der Waals surface area (Å²) in [5, 5.41) is 14.6. The van der Waals surface area contributed by atoms with Gasteiger partial charge in [0.1, 0.15) is 32.1 Å². The minimum absolute atomic E-state index is 0.00911. The number of nitrogens with one attached hydrogen (secondary N) is 1. The molecular formula is C69H68Cl2N4O12. The first-order valence-corrected chi connectivity index (χ1v) is 29.8. The van der Waals surface area contributed by atoms with Gasteiger partial charge in [-0.15, -0.1) is 0 Å². The van der Waals surface area contributed by atoms with Gasteiger partial charge in [0.25, 0.3) is 11.6 Å². The summed E-state index contributed by atoms with van der Waals surface area (Å²) in [6.45, 7) is 8.07. The van der Waals surface area contributed by atoms with E-state index in [9.17, 15) is 34.1 Å². The first-order chi connectivity index (χ1) is 42.2. The van der Waals surface area contributed by atoms with E-state index in [4.69, 9.17) is 46.9 Å². The van der Waals surface area contributed by atoms with Gasteiger partial charge in [0, 0.05) is 49.7 Å². The Balaban J connectivity index is 0.908. The second-order valence-electron chi connectivity index (χ2n) is 21.8. The zero-order valence-corrected chi connectivity index (χ0v) is 50.2. The number of ether oxygens (including phenoxy) is 5. The van der Waals surface area contributed by atoms with Gasteiger partial charge in [-0.05, 0) is 96.0 Å². The summed E-state index contributed by atoms with van der Waals surface area (Å²) in [5.41, 5.74) is 4.47. The Kier molecular flexibility index (Phi) is 21.6. The molecule has 0 aliphatic carbocycles. The van der Waals surface area contributed by atoms with Gasteiger partial charge in [0.2, 0.25) is 5.91 Å². The van der Waals surface area contributed by atoms with E-state index < -0.39 is 22.8 Å². The van der Waals surface area contributed by atoms with E-state index in [0.717, 1.165) is 34.4 Å². The molecule has 0 aromatic heterocycles. The molecular weight excluding hydrogens is 1150 g/mol. The van der Waals surface area contributed by atoms with Crippen LogP contribution in [0.15, 0.2) is 181 Å². The number of amides is 2. The van der Waals surface area contributed by atoms with Crippen molar-refractivity contribution in [1.29, 1.82) is 0 Å². The van der Waals surface area contributed by atoms with Crippen LogP contribution in [0.5, 0.6) is 23.0 Å². The number of rotatable bonds is 30. The third kappa shape index (κ3) is 15.8. The van der Waals surface area contributed by atoms with Crippen LogP contribution in [-0.2, 0) is 40.8 Å². The predicted molar refractivity (Wildman–Crippen MR) is 331 cm³/mol. The smallest absolute Gasteiger partial charge is 0.362 e. The molecule has 1 fully saturated rings. The third-order valence-corrected chi connectivity index (χ3v) is 16.3. The number of ketones is 1. The molecule has 2 aliphatic heterocycles. The SMILES string of the molecule is CC(C)[C@H]1C(=O)N2C(C(=O)OC(=O)c3ccc([N+](=O)[O-])cc3)=C(CN(CCCCCC(=O)c3ccc(OCc4ccccc4)c(OCc4ccccc4)c3Cl)CCCNC(=O)c3ccc(OCc4ccccc4)c(OCc4ccccc4)c3Cl)[C@H](C)[C@H]12. The highest BCUT2D eigenvalue weighted by Gasteiger charge is 2.59. The van der Waals surface area contributed by atoms with Gasteiger partial charge < -0.3 is 33.9 Å². The molecule has 0 radical (unpaired) electrons. The van der Waals surface area contributed by atoms with Gasteiger partial charge in [0.05, 0.1) is 38.1 Å². The molecule has 0 saturated carbocycles. The molecule has 9 rings (SSSR count). The number of carbonyl (C=O) groups is 5. The molecule has 16 nitrogen and oxygen atoms in total. The van der Waals surface area contributed by atoms with Crippen LogP contribution in [-0.4, -0.2) is 76.5 Å². The summed E-state index contributed by atoms with van der Waals surface area (Å²) in [6, 6.07) is 49.5. The van der Waals surface area contributed by atoms with Crippen molar-refractivity contribution >= 4 is 58.4 Å². The molecule has 2 amide bonds. The number of nitrogens with zero attached hydrogens (tertiary/aromatic N) is 3. The van der Waals surface area contributed by atoms with Crippen molar-refractivity contribution in [2.24, 2.45) is 17.8 Å². The van der Waals surface area contributed by atoms with Crippen LogP contribution in [0, 0.1) is 27.9 Å². The molecule has 87 heavy (non-hydrogen) atoms. The van der Waals surface area contributed by atoms with Crippen molar-refractivity contribution < 1.29 is 52.6 Å². The number of benzene rings is 7. The second kappa shape index (κ2) is 30.0. The molecule has 7 aromatic rings. The van der Waals surface area contributed by atoms with Crippen molar-refractivity contribution in [1.82, 2.24) is 15.1 Å². The Morgan fingerprint density at radius 1 is 0.609 bits per heavy atom. The molecule has 2 heterocycles. The fraction of sp³-hybridized carbons (Fsp3) is 0.290. The lowest BCUT2D eigenvalue weighted by Crippen LogP contribution is -2.62. The minimum atomic E-state index is -1.03. The lowest BCUT2D eigenvalue weighted by molar-refractivity contribution is -0.384. The molecule has 18 heteroatoms. The minimum Gasteiger partial charge on any atom is -0.485 e. The molecule has 7 aromatic carbocycles. The second-order valence-corrected chi connectivity index (χ2v) is 22.6. The molecule has 0 spiro atoms. The number of β-lactam (4-membered cyclic amide) rings is 1. The lowest BCUT2D eigenvalue weighted by atomic mass is 9.74. The molecule has 3 atom stereocenters. The summed E-state index contributed by atoms with van der Waals surface area (Å²) in [4.78, 5) is 84.0. The molecule has 0 unspecified atom stereocenters. The molecule has 1 N–H and O–H groups in total. The van der Waals surface area contributed by atoms with Gasteiger partial charge >= 0.3 is 11.9 Å². The maximum atomic E-state index is 14.3. The number of nitro groups is 1. The van der Waals surface area contributed by atoms with Gasteiger partial charge in [-0.1, -0.05) is 172 Å². The summed E-state index contributed by atoms with van der Waals surface area (Å²) in [7, 11) is 0. The Labute approximate surface area is 516 Å². The maximum Gasteiger partial charge on any atom is 0.362 e. The van der Waals surface area contributed by atoms with Crippen molar-refractivity contribution in [3.63, 3.8) is 0 Å². The van der Waals surface area contributed by atoms with Crippen molar-refractivity contribution in [3.8, 4) is 23.0 Å². The first kappa shape index (κ1) is 62.7. The Bertz CT molecular complexity index is 3590. The molecule has 2 aliphatic rings. The quantitative estimate of drug-likeness (QED) is 0.00851. The van der Waals surface area contributed by atoms with Gasteiger partial charge in [0.15, 0.2) is 28.8 Å². The number of hydrogen-bond donors (Lipinski definition) is 1. The fourth-order valence-electron chi connectivity index (χ4n) is 10.9. The van der Waals surface area contributed by atoms with E-state index in [2.05, 4.69) is 10.2 Å². The first-order valence-electron chi connectivity index (χ1n) is 29.1. The summed E-state index contributed by atoms with van der Waals surface area (Å²) >= 11 is 14.0. The number of Topliss-reactive ketones (excluding diaryl/α,β-unsaturated/α-hetero) is 1. The number of unbranched alkanes of at least 4 members (excludes halogenated alkanes) is 2. The van der Waals surface area contributed by atoms with Crippen LogP contribution in [0.2, 0.25) is 10.0 Å². The highest BCUT2D eigenvalue weighted by molar-refractivity contribution is 6.36. The molecule has 450 valence electrons. The van der Waals surface area contributed by atoms with Crippen LogP contribution < -0.4 is 24.3 Å². The number of hydrogen-bond acceptors (Lipinski definition) is 13. The molecule has 0 bridgehead atoms. The van der Waals surface area contributed by atoms with E-state index in [1.54, 1.807) is 24.3 Å². The monoisotopic (exact) mass is 1210 g/mol. The number of halogens is 2. The molecule has 1 saturated heterocycles. The lowest BCUT2D eigenvalue weighted by Gasteiger charge is -2.47. The average Bonchev–Trinajstić information content (AvgIpc) is 1.58. The maximum absolute atomic E-state index is 14.3. The number of carbonyl (C=O) groups excluding carboxylic acids is 5. The van der Waals surface area contributed by atoms with Crippen molar-refractivity contribution in [2.45, 2.75) is 85.3 Å². The van der Waals surface area contributed by atoms with E-state index >= 15 is 0 Å². The zero-order chi connectivity index (χ0) is 61.4. The van der Waals surface area contributed by atoms with Gasteiger partial charge in [-0.2, -0.15) is 0 Å². The van der Waals surface area contributed by atoms with Gasteiger partial charge in [-0.3, -0.25) is 29.4 Å². The predicted octanol–water partition coefficient (Wildman–Crippen LogP) is 13.9. The fourth-order valence-corrected chi connectivity index (χ4v) is 11.5. The standard InChI is InChI=1S/C69H68Cl2N4O12/c1-45(2)59-62-46(3)55(63(74(62)67(59)78)69(80)87-68(79)51-29-31-52(32-30-51)75(81)82)40-73(39-19-37-72-66(77)54-34-36-58(84-42-48-22-11-5-12-23-48)65(61(54)71)86-44-50-26-15-7-16-27-50)38-18-8-17-28-56(76)53-33-35-57(83-41-47-20-9-4-10-21-47)64(60(53)70)85-43-49-24-13-6-14-25-49/h4-7,9-16,20-27,29-36,45-46,59,62H,8,17-19,28,37-44H2,1-3H3,(H,72,77)/t46-,59+,62+/m0/s1. The largest absolute Gasteiger partial charge is 0.485 e. The number of nitro benzene ring substituents is 1. The van der Waals surface area contributed by atoms with Crippen LogP contribution in [0.4, 0.5) is 5.69 Å². The van der Waals surface area contributed by atoms with Gasteiger partial charge in [-0.25, -0.2) is 9.59 Å². The van der Waals surface area contributed by atoms with E-state index in [0.29, 0.717) is 61.4 Å². The topological polar surface area (TPSA) is 193 Å². The highest BCUT2D eigenvalue weighted by atomic mass is 35.5. The van der Waals surface area contributed by atoms with E-state index in [-0.39, 0.29) is 125 Å². The Morgan fingerprint density at radius 2 is 1.09 bits per heavy atom. The van der Waals surface area contributed by atoms with Crippen molar-refractivity contribution in [2.75, 3.05) is 26.2 Å². The zero-order valence-electron chi connectivity index (χ0n) is 48.7. The highest BCUT2D eigenvalue weighted by Crippen LogP contribution is 2.49. The average molecular weight is 1220 g/mol. The normalized spacial score (nSPS) is 15.2. The summed E-state index contributed by atoms with van der Waals surface area (Å²) in [5.74, 6) is -2.34. The van der Waals surface area contributed by atoms with E-state index in [1.807, 2.05) is 142 Å². The van der Waals surface area contributed by atoms with Crippen LogP contribution in [0.25, 0.3) is 0 Å². The number of esters is 2. The van der Waals surface area contributed by atoms with Crippen molar-refractivity contribution in [3.05, 3.63) is 240 Å². The van der Waals surface area contributed by atoms with Crippen LogP contribution in [0.1, 0.15) is 106 Å². The number of fused-ring (bicyclic) bond motifs is 1.